The number of fused-ring (bicyclic) bond motifs is 1. The predicted molar refractivity (Wildman–Crippen MR) is 97.5 cm³/mol. The first-order valence-corrected chi connectivity index (χ1v) is 9.37. The largest absolute Gasteiger partial charge is 0.396 e. The van der Waals surface area contributed by atoms with E-state index in [0.717, 1.165) is 44.8 Å². The minimum absolute atomic E-state index is 0.170. The van der Waals surface area contributed by atoms with Crippen LogP contribution < -0.4 is 0 Å². The minimum atomic E-state index is 0.170. The molecule has 2 aromatic rings. The van der Waals surface area contributed by atoms with Crippen LogP contribution in [0, 0.1) is 0 Å². The van der Waals surface area contributed by atoms with Gasteiger partial charge in [0, 0.05) is 49.7 Å². The van der Waals surface area contributed by atoms with E-state index in [0.29, 0.717) is 12.1 Å². The van der Waals surface area contributed by atoms with Crippen LogP contribution in [-0.4, -0.2) is 58.0 Å². The summed E-state index contributed by atoms with van der Waals surface area (Å²) in [5, 5.41) is 9.16. The summed E-state index contributed by atoms with van der Waals surface area (Å²) >= 11 is 0. The number of rotatable bonds is 5. The number of benzene rings is 1. The van der Waals surface area contributed by atoms with Gasteiger partial charge in [-0.25, -0.2) is 4.98 Å². The van der Waals surface area contributed by atoms with Crippen molar-refractivity contribution in [3.63, 3.8) is 0 Å². The Morgan fingerprint density at radius 2 is 2.12 bits per heavy atom. The van der Waals surface area contributed by atoms with E-state index in [9.17, 15) is 0 Å². The van der Waals surface area contributed by atoms with Crippen molar-refractivity contribution in [3.05, 3.63) is 42.2 Å². The van der Waals surface area contributed by atoms with E-state index in [1.54, 1.807) is 0 Å². The van der Waals surface area contributed by atoms with E-state index in [1.165, 1.54) is 11.1 Å². The molecule has 2 aliphatic heterocycles. The minimum Gasteiger partial charge on any atom is -0.396 e. The molecule has 1 aromatic heterocycles. The average molecular weight is 341 g/mol. The van der Waals surface area contributed by atoms with Crippen LogP contribution in [0.25, 0.3) is 11.4 Å². The lowest BCUT2D eigenvalue weighted by molar-refractivity contribution is -0.0567. The molecular formula is C20H27N3O2. The van der Waals surface area contributed by atoms with E-state index in [4.69, 9.17) is 9.84 Å². The zero-order valence-corrected chi connectivity index (χ0v) is 14.8. The zero-order valence-electron chi connectivity index (χ0n) is 14.8. The molecule has 1 N–H and O–H groups in total. The van der Waals surface area contributed by atoms with Crippen molar-refractivity contribution in [1.29, 1.82) is 0 Å². The van der Waals surface area contributed by atoms with Crippen molar-refractivity contribution in [1.82, 2.24) is 14.5 Å². The molecule has 2 aliphatic rings. The number of ether oxygens (including phenoxy) is 1. The maximum Gasteiger partial charge on any atom is 0.140 e. The van der Waals surface area contributed by atoms with Gasteiger partial charge in [-0.05, 0) is 24.8 Å². The normalized spacial score (nSPS) is 26.7. The maximum absolute atomic E-state index is 9.16. The summed E-state index contributed by atoms with van der Waals surface area (Å²) in [5.41, 5.74) is 2.59. The average Bonchev–Trinajstić information content (AvgIpc) is 3.28. The molecule has 0 unspecified atom stereocenters. The summed E-state index contributed by atoms with van der Waals surface area (Å²) in [6.45, 7) is 5.13. The molecule has 0 radical (unpaired) electrons. The molecule has 2 fully saturated rings. The number of nitrogens with zero attached hydrogens (tertiary/aromatic N) is 3. The molecule has 5 heteroatoms. The highest BCUT2D eigenvalue weighted by Gasteiger charge is 2.38. The molecule has 3 atom stereocenters. The number of imidazole rings is 1. The van der Waals surface area contributed by atoms with Gasteiger partial charge < -0.3 is 14.4 Å². The third-order valence-corrected chi connectivity index (χ3v) is 5.62. The number of aliphatic hydroxyl groups excluding tert-OH is 1. The van der Waals surface area contributed by atoms with Crippen LogP contribution in [0.4, 0.5) is 0 Å². The molecule has 2 saturated heterocycles. The summed E-state index contributed by atoms with van der Waals surface area (Å²) in [5.74, 6) is 1.08. The lowest BCUT2D eigenvalue weighted by atomic mass is 10.0. The third kappa shape index (κ3) is 3.24. The molecule has 0 aliphatic carbocycles. The Morgan fingerprint density at radius 3 is 2.96 bits per heavy atom. The van der Waals surface area contributed by atoms with E-state index in [2.05, 4.69) is 51.8 Å². The molecule has 0 saturated carbocycles. The standard InChI is InChI=1S/C20H27N3O2/c1-2-15-5-3-4-6-19(15)20-21-8-9-23(20)16-11-17-14-25-18(7-10-24)13-22(17)12-16/h3-6,8-9,16-18,24H,2,7,10-14H2,1H3/t16-,17+,18+/m1/s1. The fraction of sp³-hybridized carbons (Fsp3) is 0.550. The lowest BCUT2D eigenvalue weighted by Gasteiger charge is -2.34. The molecule has 134 valence electrons. The van der Waals surface area contributed by atoms with Crippen molar-refractivity contribution in [2.75, 3.05) is 26.3 Å². The Morgan fingerprint density at radius 1 is 1.24 bits per heavy atom. The summed E-state index contributed by atoms with van der Waals surface area (Å²) in [6, 6.07) is 9.49. The van der Waals surface area contributed by atoms with Gasteiger partial charge in [-0.2, -0.15) is 0 Å². The van der Waals surface area contributed by atoms with Gasteiger partial charge in [0.25, 0.3) is 0 Å². The topological polar surface area (TPSA) is 50.5 Å². The fourth-order valence-corrected chi connectivity index (χ4v) is 4.30. The SMILES string of the molecule is CCc1ccccc1-c1nccn1[C@@H]1C[C@H]2CO[C@@H](CCO)CN2C1. The third-order valence-electron chi connectivity index (χ3n) is 5.62. The highest BCUT2D eigenvalue weighted by Crippen LogP contribution is 2.34. The second-order valence-electron chi connectivity index (χ2n) is 7.13. The van der Waals surface area contributed by atoms with Gasteiger partial charge in [0.15, 0.2) is 0 Å². The Bertz CT molecular complexity index is 714. The van der Waals surface area contributed by atoms with Crippen LogP contribution in [0.15, 0.2) is 36.7 Å². The van der Waals surface area contributed by atoms with Gasteiger partial charge in [-0.3, -0.25) is 4.90 Å². The van der Waals surface area contributed by atoms with Crippen LogP contribution >= 0.6 is 0 Å². The van der Waals surface area contributed by atoms with Crippen molar-refractivity contribution < 1.29 is 9.84 Å². The highest BCUT2D eigenvalue weighted by molar-refractivity contribution is 5.61. The van der Waals surface area contributed by atoms with E-state index < -0.39 is 0 Å². The second-order valence-corrected chi connectivity index (χ2v) is 7.13. The van der Waals surface area contributed by atoms with Gasteiger partial charge >= 0.3 is 0 Å². The van der Waals surface area contributed by atoms with E-state index in [1.807, 2.05) is 6.20 Å². The maximum atomic E-state index is 9.16. The van der Waals surface area contributed by atoms with Gasteiger partial charge in [0.05, 0.1) is 12.7 Å². The summed E-state index contributed by atoms with van der Waals surface area (Å²) in [4.78, 5) is 7.21. The number of aryl methyl sites for hydroxylation is 1. The molecule has 0 bridgehead atoms. The first-order chi connectivity index (χ1) is 12.3. The van der Waals surface area contributed by atoms with Gasteiger partial charge in [0.2, 0.25) is 0 Å². The molecule has 4 rings (SSSR count). The first-order valence-electron chi connectivity index (χ1n) is 9.37. The van der Waals surface area contributed by atoms with Crippen molar-refractivity contribution in [3.8, 4) is 11.4 Å². The number of aromatic nitrogens is 2. The van der Waals surface area contributed by atoms with Gasteiger partial charge in [-0.15, -0.1) is 0 Å². The van der Waals surface area contributed by atoms with Gasteiger partial charge in [-0.1, -0.05) is 31.2 Å². The monoisotopic (exact) mass is 341 g/mol. The van der Waals surface area contributed by atoms with Crippen molar-refractivity contribution in [2.45, 2.75) is 44.4 Å². The Labute approximate surface area is 149 Å². The molecule has 3 heterocycles. The summed E-state index contributed by atoms with van der Waals surface area (Å²) in [7, 11) is 0. The van der Waals surface area contributed by atoms with Crippen LogP contribution in [0.5, 0.6) is 0 Å². The van der Waals surface area contributed by atoms with Crippen LogP contribution in [0.3, 0.4) is 0 Å². The van der Waals surface area contributed by atoms with Crippen molar-refractivity contribution in [2.24, 2.45) is 0 Å². The molecule has 1 aromatic carbocycles. The Hall–Kier alpha value is -1.69. The smallest absolute Gasteiger partial charge is 0.140 e. The molecular weight excluding hydrogens is 314 g/mol. The van der Waals surface area contributed by atoms with Crippen LogP contribution in [-0.2, 0) is 11.2 Å². The molecule has 0 spiro atoms. The number of morpholine rings is 1. The van der Waals surface area contributed by atoms with Crippen molar-refractivity contribution >= 4 is 0 Å². The second kappa shape index (κ2) is 7.28. The summed E-state index contributed by atoms with van der Waals surface area (Å²) in [6.07, 6.45) is 7.06. The summed E-state index contributed by atoms with van der Waals surface area (Å²) < 4.78 is 8.28. The van der Waals surface area contributed by atoms with Gasteiger partial charge in [0.1, 0.15) is 5.82 Å². The fourth-order valence-electron chi connectivity index (χ4n) is 4.30. The van der Waals surface area contributed by atoms with E-state index in [-0.39, 0.29) is 12.7 Å². The lowest BCUT2D eigenvalue weighted by Crippen LogP contribution is -2.46. The predicted octanol–water partition coefficient (Wildman–Crippen LogP) is 2.51. The Balaban J connectivity index is 1.56. The van der Waals surface area contributed by atoms with Crippen LogP contribution in [0.1, 0.15) is 31.4 Å². The molecule has 0 amide bonds. The quantitative estimate of drug-likeness (QED) is 0.908. The van der Waals surface area contributed by atoms with Crippen LogP contribution in [0.2, 0.25) is 0 Å². The first kappa shape index (κ1) is 16.8. The molecule has 5 nitrogen and oxygen atoms in total. The highest BCUT2D eigenvalue weighted by atomic mass is 16.5. The number of hydrogen-bond acceptors (Lipinski definition) is 4. The number of hydrogen-bond donors (Lipinski definition) is 1. The molecule has 25 heavy (non-hydrogen) atoms. The van der Waals surface area contributed by atoms with E-state index >= 15 is 0 Å². The number of aliphatic hydroxyl groups is 1. The Kier molecular flexibility index (Phi) is 4.88. The zero-order chi connectivity index (χ0) is 17.2.